The van der Waals surface area contributed by atoms with Gasteiger partial charge in [-0.3, -0.25) is 9.69 Å². The first kappa shape index (κ1) is 20.0. The number of likely N-dealkylation sites (N-methyl/N-ethyl adjacent to an activating group) is 1. The van der Waals surface area contributed by atoms with Crippen molar-refractivity contribution in [1.29, 1.82) is 0 Å². The van der Waals surface area contributed by atoms with E-state index in [1.807, 2.05) is 0 Å². The normalized spacial score (nSPS) is 11.8. The molecule has 0 unspecified atom stereocenters. The average molecular weight is 379 g/mol. The van der Waals surface area contributed by atoms with Crippen LogP contribution < -0.4 is 5.32 Å². The van der Waals surface area contributed by atoms with E-state index in [2.05, 4.69) is 5.32 Å². The van der Waals surface area contributed by atoms with Gasteiger partial charge in [0, 0.05) is 26.3 Å². The van der Waals surface area contributed by atoms with Gasteiger partial charge in [0.2, 0.25) is 15.9 Å². The zero-order valence-corrected chi connectivity index (χ0v) is 15.8. The molecule has 0 atom stereocenters. The number of anilines is 1. The van der Waals surface area contributed by atoms with Crippen LogP contribution in [0, 0.1) is 5.82 Å². The zero-order valence-electron chi connectivity index (χ0n) is 14.9. The van der Waals surface area contributed by atoms with Crippen LogP contribution in [0.3, 0.4) is 0 Å². The molecule has 0 aliphatic carbocycles. The van der Waals surface area contributed by atoms with Gasteiger partial charge in [0.05, 0.1) is 11.4 Å². The summed E-state index contributed by atoms with van der Waals surface area (Å²) >= 11 is 0. The number of nitrogens with one attached hydrogen (secondary N) is 1. The zero-order chi connectivity index (χ0) is 19.3. The van der Waals surface area contributed by atoms with Crippen molar-refractivity contribution in [2.45, 2.75) is 11.4 Å². The molecule has 0 bridgehead atoms. The van der Waals surface area contributed by atoms with Crippen LogP contribution in [-0.2, 0) is 21.4 Å². The number of halogens is 1. The summed E-state index contributed by atoms with van der Waals surface area (Å²) in [6, 6.07) is 12.1. The van der Waals surface area contributed by atoms with Crippen molar-refractivity contribution >= 4 is 21.6 Å². The predicted molar refractivity (Wildman–Crippen MR) is 98.7 cm³/mol. The molecule has 8 heteroatoms. The van der Waals surface area contributed by atoms with Crippen molar-refractivity contribution in [2.24, 2.45) is 0 Å². The monoisotopic (exact) mass is 379 g/mol. The lowest BCUT2D eigenvalue weighted by molar-refractivity contribution is -0.117. The summed E-state index contributed by atoms with van der Waals surface area (Å²) in [7, 11) is 1.21. The maximum atomic E-state index is 12.9. The molecule has 0 saturated carbocycles. The maximum absolute atomic E-state index is 12.9. The van der Waals surface area contributed by atoms with Gasteiger partial charge in [0.1, 0.15) is 5.82 Å². The minimum absolute atomic E-state index is 0.148. The minimum atomic E-state index is -3.49. The van der Waals surface area contributed by atoms with Crippen molar-refractivity contribution in [2.75, 3.05) is 33.0 Å². The molecular weight excluding hydrogens is 357 g/mol. The van der Waals surface area contributed by atoms with E-state index in [1.165, 1.54) is 38.4 Å². The molecule has 0 aliphatic heterocycles. The SMILES string of the molecule is CN(CC(=O)Nc1ccc(S(=O)(=O)N(C)C)cc1)Cc1ccc(F)cc1. The Hall–Kier alpha value is -2.29. The molecule has 0 saturated heterocycles. The number of amides is 1. The largest absolute Gasteiger partial charge is 0.325 e. The molecule has 2 rings (SSSR count). The van der Waals surface area contributed by atoms with Crippen molar-refractivity contribution in [1.82, 2.24) is 9.21 Å². The van der Waals surface area contributed by atoms with E-state index in [-0.39, 0.29) is 23.2 Å². The standard InChI is InChI=1S/C18H22FN3O3S/c1-21(2)26(24,25)17-10-8-16(9-11-17)20-18(23)13-22(3)12-14-4-6-15(19)7-5-14/h4-11H,12-13H2,1-3H3,(H,20,23). The first-order valence-electron chi connectivity index (χ1n) is 7.94. The lowest BCUT2D eigenvalue weighted by atomic mass is 10.2. The number of hydrogen-bond acceptors (Lipinski definition) is 4. The van der Waals surface area contributed by atoms with Crippen LogP contribution in [-0.4, -0.2) is 51.2 Å². The Morgan fingerprint density at radius 2 is 1.58 bits per heavy atom. The molecular formula is C18H22FN3O3S. The topological polar surface area (TPSA) is 69.7 Å². The minimum Gasteiger partial charge on any atom is -0.325 e. The van der Waals surface area contributed by atoms with Gasteiger partial charge in [0.25, 0.3) is 0 Å². The van der Waals surface area contributed by atoms with Crippen molar-refractivity contribution in [3.8, 4) is 0 Å². The Labute approximate surface area is 153 Å². The fourth-order valence-electron chi connectivity index (χ4n) is 2.32. The molecule has 0 aliphatic rings. The highest BCUT2D eigenvalue weighted by Crippen LogP contribution is 2.16. The highest BCUT2D eigenvalue weighted by atomic mass is 32.2. The second-order valence-corrected chi connectivity index (χ2v) is 8.31. The summed E-state index contributed by atoms with van der Waals surface area (Å²) < 4.78 is 38.1. The quantitative estimate of drug-likeness (QED) is 0.800. The summed E-state index contributed by atoms with van der Waals surface area (Å²) in [5.74, 6) is -0.522. The maximum Gasteiger partial charge on any atom is 0.242 e. The molecule has 1 amide bonds. The fourth-order valence-corrected chi connectivity index (χ4v) is 3.23. The average Bonchev–Trinajstić information content (AvgIpc) is 2.57. The summed E-state index contributed by atoms with van der Waals surface area (Å²) in [4.78, 5) is 14.1. The van der Waals surface area contributed by atoms with Crippen molar-refractivity contribution in [3.05, 3.63) is 59.9 Å². The Kier molecular flexibility index (Phi) is 6.47. The molecule has 0 spiro atoms. The second-order valence-electron chi connectivity index (χ2n) is 6.16. The van der Waals surface area contributed by atoms with E-state index in [0.717, 1.165) is 9.87 Å². The van der Waals surface area contributed by atoms with Gasteiger partial charge in [-0.25, -0.2) is 17.1 Å². The van der Waals surface area contributed by atoms with Gasteiger partial charge in [-0.2, -0.15) is 0 Å². The van der Waals surface area contributed by atoms with Crippen LogP contribution in [0.5, 0.6) is 0 Å². The van der Waals surface area contributed by atoms with Gasteiger partial charge in [0.15, 0.2) is 0 Å². The Bertz CT molecular complexity index is 850. The lowest BCUT2D eigenvalue weighted by Crippen LogP contribution is -2.29. The van der Waals surface area contributed by atoms with Crippen LogP contribution in [0.1, 0.15) is 5.56 Å². The van der Waals surface area contributed by atoms with E-state index < -0.39 is 10.0 Å². The summed E-state index contributed by atoms with van der Waals surface area (Å²) in [5.41, 5.74) is 1.42. The Balaban J connectivity index is 1.92. The summed E-state index contributed by atoms with van der Waals surface area (Å²) in [5, 5.41) is 2.73. The molecule has 0 fully saturated rings. The number of carbonyl (C=O) groups excluding carboxylic acids is 1. The molecule has 0 radical (unpaired) electrons. The Morgan fingerprint density at radius 3 is 2.12 bits per heavy atom. The van der Waals surface area contributed by atoms with Crippen molar-refractivity contribution < 1.29 is 17.6 Å². The van der Waals surface area contributed by atoms with Gasteiger partial charge in [-0.05, 0) is 49.0 Å². The molecule has 0 heterocycles. The third-order valence-corrected chi connectivity index (χ3v) is 5.53. The lowest BCUT2D eigenvalue weighted by Gasteiger charge is -2.16. The summed E-state index contributed by atoms with van der Waals surface area (Å²) in [6.07, 6.45) is 0. The number of nitrogens with zero attached hydrogens (tertiary/aromatic N) is 2. The molecule has 140 valence electrons. The van der Waals surface area contributed by atoms with Gasteiger partial charge in [-0.1, -0.05) is 12.1 Å². The van der Waals surface area contributed by atoms with E-state index in [9.17, 15) is 17.6 Å². The number of rotatable bonds is 7. The van der Waals surface area contributed by atoms with Crippen LogP contribution in [0.25, 0.3) is 0 Å². The van der Waals surface area contributed by atoms with Crippen LogP contribution in [0.4, 0.5) is 10.1 Å². The number of hydrogen-bond donors (Lipinski definition) is 1. The highest BCUT2D eigenvalue weighted by molar-refractivity contribution is 7.89. The third-order valence-electron chi connectivity index (χ3n) is 3.70. The van der Waals surface area contributed by atoms with Gasteiger partial charge >= 0.3 is 0 Å². The number of benzene rings is 2. The smallest absolute Gasteiger partial charge is 0.242 e. The Morgan fingerprint density at radius 1 is 1.00 bits per heavy atom. The molecule has 0 aromatic heterocycles. The van der Waals surface area contributed by atoms with E-state index in [1.54, 1.807) is 36.2 Å². The van der Waals surface area contributed by atoms with E-state index >= 15 is 0 Å². The number of sulfonamides is 1. The molecule has 1 N–H and O–H groups in total. The van der Waals surface area contributed by atoms with Gasteiger partial charge in [-0.15, -0.1) is 0 Å². The third kappa shape index (κ3) is 5.35. The van der Waals surface area contributed by atoms with E-state index in [0.29, 0.717) is 12.2 Å². The fraction of sp³-hybridized carbons (Fsp3) is 0.278. The van der Waals surface area contributed by atoms with Crippen LogP contribution >= 0.6 is 0 Å². The molecule has 2 aromatic carbocycles. The van der Waals surface area contributed by atoms with E-state index in [4.69, 9.17) is 0 Å². The highest BCUT2D eigenvalue weighted by Gasteiger charge is 2.17. The number of carbonyl (C=O) groups is 1. The van der Waals surface area contributed by atoms with Gasteiger partial charge < -0.3 is 5.32 Å². The van der Waals surface area contributed by atoms with Crippen LogP contribution in [0.2, 0.25) is 0 Å². The molecule has 26 heavy (non-hydrogen) atoms. The predicted octanol–water partition coefficient (Wildman–Crippen LogP) is 2.15. The second kappa shape index (κ2) is 8.39. The van der Waals surface area contributed by atoms with Crippen LogP contribution in [0.15, 0.2) is 53.4 Å². The molecule has 2 aromatic rings. The molecule has 6 nitrogen and oxygen atoms in total. The first-order chi connectivity index (χ1) is 12.2. The van der Waals surface area contributed by atoms with Crippen molar-refractivity contribution in [3.63, 3.8) is 0 Å². The first-order valence-corrected chi connectivity index (χ1v) is 9.38. The summed E-state index contributed by atoms with van der Waals surface area (Å²) in [6.45, 7) is 0.656.